The van der Waals surface area contributed by atoms with E-state index < -0.39 is 5.82 Å². The lowest BCUT2D eigenvalue weighted by atomic mass is 10.1. The fourth-order valence-corrected chi connectivity index (χ4v) is 3.13. The molecule has 0 radical (unpaired) electrons. The first-order chi connectivity index (χ1) is 12.0. The van der Waals surface area contributed by atoms with Crippen molar-refractivity contribution in [2.45, 2.75) is 6.54 Å². The lowest BCUT2D eigenvalue weighted by Crippen LogP contribution is -2.13. The van der Waals surface area contributed by atoms with Gasteiger partial charge in [0.15, 0.2) is 5.82 Å². The third kappa shape index (κ3) is 2.71. The number of pyridine rings is 1. The highest BCUT2D eigenvalue weighted by Gasteiger charge is 2.22. The summed E-state index contributed by atoms with van der Waals surface area (Å²) in [5.41, 5.74) is 3.75. The molecule has 0 spiro atoms. The van der Waals surface area contributed by atoms with Crippen molar-refractivity contribution in [3.63, 3.8) is 0 Å². The molecule has 1 N–H and O–H groups in total. The highest BCUT2D eigenvalue weighted by Crippen LogP contribution is 2.29. The van der Waals surface area contributed by atoms with Crippen molar-refractivity contribution in [1.82, 2.24) is 9.55 Å². The summed E-state index contributed by atoms with van der Waals surface area (Å²) in [5, 5.41) is 11.6. The highest BCUT2D eigenvalue weighted by atomic mass is 79.9. The molecule has 1 aliphatic heterocycles. The van der Waals surface area contributed by atoms with Crippen molar-refractivity contribution in [3.05, 3.63) is 70.0 Å². The van der Waals surface area contributed by atoms with Gasteiger partial charge in [0.25, 0.3) is 5.91 Å². The summed E-state index contributed by atoms with van der Waals surface area (Å²) in [5.74, 6) is -0.842. The first-order valence-corrected chi connectivity index (χ1v) is 8.21. The lowest BCUT2D eigenvalue weighted by molar-refractivity contribution is 0.102. The molecule has 3 heterocycles. The van der Waals surface area contributed by atoms with Crippen LogP contribution in [0.2, 0.25) is 0 Å². The predicted octanol–water partition coefficient (Wildman–Crippen LogP) is 3.94. The first-order valence-electron chi connectivity index (χ1n) is 7.42. The maximum absolute atomic E-state index is 13.7. The Kier molecular flexibility index (Phi) is 3.62. The van der Waals surface area contributed by atoms with Crippen LogP contribution in [0.1, 0.15) is 21.7 Å². The summed E-state index contributed by atoms with van der Waals surface area (Å²) in [6.45, 7) is 0.346. The number of hydrogen-bond acceptors (Lipinski definition) is 3. The van der Waals surface area contributed by atoms with Gasteiger partial charge in [0.2, 0.25) is 0 Å². The second kappa shape index (κ2) is 5.83. The second-order valence-electron chi connectivity index (χ2n) is 5.64. The Morgan fingerprint density at radius 3 is 2.72 bits per heavy atom. The van der Waals surface area contributed by atoms with E-state index in [1.165, 1.54) is 6.07 Å². The Morgan fingerprint density at radius 1 is 1.24 bits per heavy atom. The molecule has 122 valence electrons. The highest BCUT2D eigenvalue weighted by molar-refractivity contribution is 9.10. The molecule has 0 atom stereocenters. The van der Waals surface area contributed by atoms with E-state index in [2.05, 4.69) is 32.3 Å². The fraction of sp³-hybridized carbons (Fsp3) is 0.0556. The molecule has 1 aliphatic rings. The Bertz CT molecular complexity index is 1050. The van der Waals surface area contributed by atoms with Crippen molar-refractivity contribution in [2.24, 2.45) is 0 Å². The van der Waals surface area contributed by atoms with Gasteiger partial charge in [-0.2, -0.15) is 5.26 Å². The van der Waals surface area contributed by atoms with E-state index in [1.54, 1.807) is 22.8 Å². The van der Waals surface area contributed by atoms with Crippen LogP contribution in [0.25, 0.3) is 11.1 Å². The molecule has 0 saturated carbocycles. The molecule has 0 saturated heterocycles. The number of carbonyl (C=O) groups is 1. The van der Waals surface area contributed by atoms with Crippen LogP contribution in [0.15, 0.2) is 47.2 Å². The second-order valence-corrected chi connectivity index (χ2v) is 6.39. The molecule has 0 bridgehead atoms. The van der Waals surface area contributed by atoms with Crippen LogP contribution in [0.3, 0.4) is 0 Å². The summed E-state index contributed by atoms with van der Waals surface area (Å²) in [6.07, 6.45) is 1.85. The Hall–Kier alpha value is -2.98. The van der Waals surface area contributed by atoms with E-state index in [1.807, 2.05) is 18.3 Å². The predicted molar refractivity (Wildman–Crippen MR) is 93.5 cm³/mol. The van der Waals surface area contributed by atoms with Crippen LogP contribution in [-0.2, 0) is 6.54 Å². The Labute approximate surface area is 150 Å². The topological polar surface area (TPSA) is 70.7 Å². The minimum atomic E-state index is -0.524. The number of hydrogen-bond donors (Lipinski definition) is 1. The number of nitrogens with one attached hydrogen (secondary N) is 1. The smallest absolute Gasteiger partial charge is 0.272 e. The van der Waals surface area contributed by atoms with Crippen LogP contribution < -0.4 is 5.32 Å². The fourth-order valence-electron chi connectivity index (χ4n) is 2.80. The number of anilines is 1. The summed E-state index contributed by atoms with van der Waals surface area (Å²) in [6, 6.07) is 12.2. The third-order valence-electron chi connectivity index (χ3n) is 4.06. The van der Waals surface area contributed by atoms with Gasteiger partial charge in [-0.25, -0.2) is 9.37 Å². The number of halogens is 2. The van der Waals surface area contributed by atoms with E-state index in [9.17, 15) is 9.18 Å². The van der Waals surface area contributed by atoms with Gasteiger partial charge in [-0.05, 0) is 39.7 Å². The maximum Gasteiger partial charge on any atom is 0.272 e. The zero-order valence-electron chi connectivity index (χ0n) is 12.8. The Balaban J connectivity index is 1.77. The largest absolute Gasteiger partial charge is 0.337 e. The average molecular weight is 397 g/mol. The number of amides is 1. The summed E-state index contributed by atoms with van der Waals surface area (Å²) in [4.78, 5) is 16.7. The number of rotatable bonds is 1. The number of carbonyl (C=O) groups excluding carboxylic acids is 1. The van der Waals surface area contributed by atoms with Gasteiger partial charge >= 0.3 is 0 Å². The molecule has 0 unspecified atom stereocenters. The number of benzene rings is 1. The zero-order chi connectivity index (χ0) is 17.6. The molecule has 5 nitrogen and oxygen atoms in total. The van der Waals surface area contributed by atoms with Crippen molar-refractivity contribution < 1.29 is 9.18 Å². The Morgan fingerprint density at radius 2 is 2.00 bits per heavy atom. The summed E-state index contributed by atoms with van der Waals surface area (Å²) in [7, 11) is 0. The average Bonchev–Trinajstić information content (AvgIpc) is 2.98. The van der Waals surface area contributed by atoms with Gasteiger partial charge in [-0.1, -0.05) is 12.1 Å². The van der Waals surface area contributed by atoms with Crippen LogP contribution in [0.4, 0.5) is 10.1 Å². The minimum absolute atomic E-state index is 0.114. The van der Waals surface area contributed by atoms with Crippen molar-refractivity contribution in [2.75, 3.05) is 5.32 Å². The zero-order valence-corrected chi connectivity index (χ0v) is 14.3. The monoisotopic (exact) mass is 396 g/mol. The molecule has 4 rings (SSSR count). The van der Waals surface area contributed by atoms with Gasteiger partial charge in [0, 0.05) is 17.8 Å². The molecule has 7 heteroatoms. The van der Waals surface area contributed by atoms with E-state index in [0.29, 0.717) is 29.2 Å². The third-order valence-corrected chi connectivity index (χ3v) is 4.61. The molecular weight excluding hydrogens is 387 g/mol. The quantitative estimate of drug-likeness (QED) is 0.633. The van der Waals surface area contributed by atoms with Gasteiger partial charge in [0.05, 0.1) is 29.6 Å². The van der Waals surface area contributed by atoms with Crippen LogP contribution >= 0.6 is 15.9 Å². The standard InChI is InChI=1S/C18H10BrFN4O/c19-17-13(20)6-14-15(22-17)9-24-8-12(5-16(24)18(25)23-14)11-3-1-10(7-21)2-4-11/h1-6,8H,9H2,(H,23,25). The normalized spacial score (nSPS) is 12.6. The molecular formula is C18H10BrFN4O. The van der Waals surface area contributed by atoms with Crippen molar-refractivity contribution in [1.29, 1.82) is 5.26 Å². The van der Waals surface area contributed by atoms with Crippen LogP contribution in [-0.4, -0.2) is 15.5 Å². The maximum atomic E-state index is 13.7. The number of aromatic nitrogens is 2. The first kappa shape index (κ1) is 15.5. The van der Waals surface area contributed by atoms with E-state index in [0.717, 1.165) is 11.1 Å². The molecule has 0 fully saturated rings. The van der Waals surface area contributed by atoms with Crippen molar-refractivity contribution in [3.8, 4) is 17.2 Å². The van der Waals surface area contributed by atoms with Crippen molar-refractivity contribution >= 4 is 27.5 Å². The van der Waals surface area contributed by atoms with E-state index >= 15 is 0 Å². The minimum Gasteiger partial charge on any atom is -0.337 e. The molecule has 1 amide bonds. The van der Waals surface area contributed by atoms with Crippen LogP contribution in [0.5, 0.6) is 0 Å². The molecule has 0 aliphatic carbocycles. The molecule has 3 aromatic rings. The summed E-state index contributed by atoms with van der Waals surface area (Å²) < 4.78 is 15.6. The summed E-state index contributed by atoms with van der Waals surface area (Å²) >= 11 is 3.08. The lowest BCUT2D eigenvalue weighted by Gasteiger charge is -2.07. The van der Waals surface area contributed by atoms with Crippen LogP contribution in [0, 0.1) is 17.1 Å². The number of nitriles is 1. The molecule has 1 aromatic carbocycles. The number of nitrogens with zero attached hydrogens (tertiary/aromatic N) is 3. The van der Waals surface area contributed by atoms with Gasteiger partial charge in [0.1, 0.15) is 10.3 Å². The molecule has 25 heavy (non-hydrogen) atoms. The van der Waals surface area contributed by atoms with Gasteiger partial charge in [-0.3, -0.25) is 4.79 Å². The van der Waals surface area contributed by atoms with Gasteiger partial charge < -0.3 is 9.88 Å². The molecule has 2 aromatic heterocycles. The number of fused-ring (bicyclic) bond motifs is 2. The van der Waals surface area contributed by atoms with E-state index in [4.69, 9.17) is 5.26 Å². The SMILES string of the molecule is N#Cc1ccc(-c2cc3n(c2)Cc2nc(Br)c(F)cc2NC3=O)cc1. The van der Waals surface area contributed by atoms with E-state index in [-0.39, 0.29) is 10.5 Å². The van der Waals surface area contributed by atoms with Gasteiger partial charge in [-0.15, -0.1) is 0 Å².